The van der Waals surface area contributed by atoms with Crippen molar-refractivity contribution in [1.29, 1.82) is 0 Å². The first kappa shape index (κ1) is 20.5. The number of rotatable bonds is 4. The fourth-order valence-electron chi connectivity index (χ4n) is 4.28. The molecule has 8 heteroatoms. The number of hydrogen-bond donors (Lipinski definition) is 0. The van der Waals surface area contributed by atoms with Gasteiger partial charge in [-0.25, -0.2) is 0 Å². The molecule has 0 aromatic heterocycles. The zero-order valence-electron chi connectivity index (χ0n) is 17.0. The number of quaternary nitrogens is 1. The Morgan fingerprint density at radius 1 is 1.23 bits per heavy atom. The maximum atomic E-state index is 13.1. The number of alkyl halides is 3. The van der Waals surface area contributed by atoms with Crippen molar-refractivity contribution in [2.75, 3.05) is 34.5 Å². The topological polar surface area (TPSA) is 44.8 Å². The van der Waals surface area contributed by atoms with Gasteiger partial charge in [0.25, 0.3) is 0 Å². The minimum Gasteiger partial charge on any atom is -0.492 e. The van der Waals surface area contributed by atoms with Gasteiger partial charge in [0.1, 0.15) is 6.04 Å². The van der Waals surface area contributed by atoms with Crippen LogP contribution < -0.4 is 14.2 Å². The van der Waals surface area contributed by atoms with Crippen LogP contribution in [0.15, 0.2) is 30.3 Å². The summed E-state index contributed by atoms with van der Waals surface area (Å²) < 4.78 is 56.5. The van der Waals surface area contributed by atoms with Gasteiger partial charge in [0.2, 0.25) is 12.5 Å². The van der Waals surface area contributed by atoms with Crippen LogP contribution in [-0.4, -0.2) is 44.8 Å². The molecule has 2 aliphatic rings. The van der Waals surface area contributed by atoms with Gasteiger partial charge in [-0.3, -0.25) is 4.79 Å². The third-order valence-corrected chi connectivity index (χ3v) is 5.97. The van der Waals surface area contributed by atoms with Crippen molar-refractivity contribution in [3.63, 3.8) is 0 Å². The van der Waals surface area contributed by atoms with E-state index in [2.05, 4.69) is 0 Å². The van der Waals surface area contributed by atoms with Gasteiger partial charge in [0.05, 0.1) is 45.3 Å². The Bertz CT molecular complexity index is 1000. The zero-order valence-corrected chi connectivity index (χ0v) is 17.0. The van der Waals surface area contributed by atoms with E-state index < -0.39 is 11.7 Å². The SMILES string of the molecule is COc1c2c(cc3c1C(CC(=O)c1cccc(C(F)(F)F)c1)[N+](C)(C)CC3)OCO2. The Kier molecular flexibility index (Phi) is 4.92. The summed E-state index contributed by atoms with van der Waals surface area (Å²) in [5.41, 5.74) is 1.09. The number of ether oxygens (including phenoxy) is 3. The molecule has 0 N–H and O–H groups in total. The van der Waals surface area contributed by atoms with E-state index in [-0.39, 0.29) is 30.6 Å². The van der Waals surface area contributed by atoms with Crippen molar-refractivity contribution in [2.45, 2.75) is 25.1 Å². The summed E-state index contributed by atoms with van der Waals surface area (Å²) in [7, 11) is 5.56. The van der Waals surface area contributed by atoms with Crippen LogP contribution in [0.1, 0.15) is 39.5 Å². The number of methoxy groups -OCH3 is 1. The fourth-order valence-corrected chi connectivity index (χ4v) is 4.28. The molecule has 4 rings (SSSR count). The fraction of sp³-hybridized carbons (Fsp3) is 0.409. The van der Waals surface area contributed by atoms with Gasteiger partial charge >= 0.3 is 6.18 Å². The molecule has 0 bridgehead atoms. The van der Waals surface area contributed by atoms with E-state index in [0.29, 0.717) is 21.7 Å². The van der Waals surface area contributed by atoms with Crippen LogP contribution in [-0.2, 0) is 12.6 Å². The molecular formula is C22H23F3NO4+. The van der Waals surface area contributed by atoms with E-state index in [1.54, 1.807) is 0 Å². The number of hydrogen-bond acceptors (Lipinski definition) is 4. The smallest absolute Gasteiger partial charge is 0.416 e. The standard InChI is InChI=1S/C22H23F3NO4/c1-26(2)8-7-14-10-18-20(30-12-29-18)21(28-3)19(14)16(26)11-17(27)13-5-4-6-15(9-13)22(23,24)25/h4-6,9-10,16H,7-8,11-12H2,1-3H3/q+1. The summed E-state index contributed by atoms with van der Waals surface area (Å²) in [5.74, 6) is 1.31. The van der Waals surface area contributed by atoms with E-state index in [1.807, 2.05) is 20.2 Å². The minimum atomic E-state index is -4.50. The number of likely N-dealkylation sites (N-methyl/N-ethyl adjacent to an activating group) is 1. The molecular weight excluding hydrogens is 399 g/mol. The highest BCUT2D eigenvalue weighted by molar-refractivity contribution is 5.96. The van der Waals surface area contributed by atoms with Crippen LogP contribution in [0, 0.1) is 0 Å². The van der Waals surface area contributed by atoms with Crippen molar-refractivity contribution < 1.29 is 36.7 Å². The Balaban J connectivity index is 1.74. The van der Waals surface area contributed by atoms with Crippen molar-refractivity contribution in [2.24, 2.45) is 0 Å². The molecule has 2 aliphatic heterocycles. The molecule has 160 valence electrons. The monoisotopic (exact) mass is 422 g/mol. The van der Waals surface area contributed by atoms with Gasteiger partial charge in [-0.1, -0.05) is 12.1 Å². The first-order chi connectivity index (χ1) is 14.1. The van der Waals surface area contributed by atoms with E-state index in [0.717, 1.165) is 36.2 Å². The number of halogens is 3. The third-order valence-electron chi connectivity index (χ3n) is 5.97. The maximum absolute atomic E-state index is 13.1. The second kappa shape index (κ2) is 7.19. The average molecular weight is 422 g/mol. The predicted octanol–water partition coefficient (Wildman–Crippen LogP) is 4.39. The molecule has 1 unspecified atom stereocenters. The lowest BCUT2D eigenvalue weighted by molar-refractivity contribution is -0.922. The van der Waals surface area contributed by atoms with E-state index in [9.17, 15) is 18.0 Å². The summed E-state index contributed by atoms with van der Waals surface area (Å²) in [4.78, 5) is 13.0. The highest BCUT2D eigenvalue weighted by Gasteiger charge is 2.42. The number of Topliss-reactive ketones (excluding diaryl/α,β-unsaturated/α-hetero) is 1. The van der Waals surface area contributed by atoms with Crippen molar-refractivity contribution in [1.82, 2.24) is 0 Å². The summed E-state index contributed by atoms with van der Waals surface area (Å²) in [6.07, 6.45) is -3.68. The Hall–Kier alpha value is -2.74. The Labute approximate surface area is 172 Å². The average Bonchev–Trinajstić information content (AvgIpc) is 3.16. The van der Waals surface area contributed by atoms with Gasteiger partial charge in [-0.05, 0) is 23.8 Å². The predicted molar refractivity (Wildman–Crippen MR) is 103 cm³/mol. The number of nitrogens with zero attached hydrogens (tertiary/aromatic N) is 1. The number of carbonyl (C=O) groups is 1. The molecule has 1 atom stereocenters. The van der Waals surface area contributed by atoms with Crippen LogP contribution in [0.2, 0.25) is 0 Å². The van der Waals surface area contributed by atoms with Crippen molar-refractivity contribution in [3.05, 3.63) is 52.6 Å². The summed E-state index contributed by atoms with van der Waals surface area (Å²) in [6.45, 7) is 0.872. The lowest BCUT2D eigenvalue weighted by Gasteiger charge is -2.43. The number of carbonyl (C=O) groups excluding carboxylic acids is 1. The summed E-state index contributed by atoms with van der Waals surface area (Å²) >= 11 is 0. The number of benzene rings is 2. The molecule has 0 saturated carbocycles. The van der Waals surface area contributed by atoms with Crippen LogP contribution in [0.5, 0.6) is 17.2 Å². The van der Waals surface area contributed by atoms with E-state index >= 15 is 0 Å². The molecule has 0 fully saturated rings. The van der Waals surface area contributed by atoms with E-state index in [4.69, 9.17) is 14.2 Å². The van der Waals surface area contributed by atoms with Crippen LogP contribution >= 0.6 is 0 Å². The normalized spacial score (nSPS) is 19.3. The van der Waals surface area contributed by atoms with Gasteiger partial charge < -0.3 is 18.7 Å². The quantitative estimate of drug-likeness (QED) is 0.542. The summed E-state index contributed by atoms with van der Waals surface area (Å²) in [6, 6.07) is 6.21. The molecule has 2 aromatic carbocycles. The first-order valence-corrected chi connectivity index (χ1v) is 9.64. The Morgan fingerprint density at radius 3 is 2.70 bits per heavy atom. The molecule has 0 amide bonds. The van der Waals surface area contributed by atoms with Crippen molar-refractivity contribution in [3.8, 4) is 17.2 Å². The molecule has 0 saturated heterocycles. The van der Waals surface area contributed by atoms with Crippen LogP contribution in [0.3, 0.4) is 0 Å². The third kappa shape index (κ3) is 3.49. The van der Waals surface area contributed by atoms with Gasteiger partial charge in [-0.2, -0.15) is 13.2 Å². The minimum absolute atomic E-state index is 0.0525. The molecule has 0 spiro atoms. The van der Waals surface area contributed by atoms with Gasteiger partial charge in [0.15, 0.2) is 17.3 Å². The lowest BCUT2D eigenvalue weighted by Crippen LogP contribution is -2.48. The zero-order chi connectivity index (χ0) is 21.7. The van der Waals surface area contributed by atoms with Crippen LogP contribution in [0.25, 0.3) is 0 Å². The lowest BCUT2D eigenvalue weighted by atomic mass is 9.85. The highest BCUT2D eigenvalue weighted by atomic mass is 19.4. The van der Waals surface area contributed by atoms with E-state index in [1.165, 1.54) is 19.2 Å². The Morgan fingerprint density at radius 2 is 2.00 bits per heavy atom. The van der Waals surface area contributed by atoms with Gasteiger partial charge in [-0.15, -0.1) is 0 Å². The molecule has 0 aliphatic carbocycles. The van der Waals surface area contributed by atoms with Crippen molar-refractivity contribution >= 4 is 5.78 Å². The largest absolute Gasteiger partial charge is 0.492 e. The first-order valence-electron chi connectivity index (χ1n) is 9.64. The number of ketones is 1. The molecule has 5 nitrogen and oxygen atoms in total. The molecule has 0 radical (unpaired) electrons. The second-order valence-corrected chi connectivity index (χ2v) is 8.19. The van der Waals surface area contributed by atoms with Crippen LogP contribution in [0.4, 0.5) is 13.2 Å². The maximum Gasteiger partial charge on any atom is 0.416 e. The van der Waals surface area contributed by atoms with Gasteiger partial charge in [0, 0.05) is 12.0 Å². The molecule has 2 aromatic rings. The summed E-state index contributed by atoms with van der Waals surface area (Å²) in [5, 5.41) is 0. The second-order valence-electron chi connectivity index (χ2n) is 8.19. The molecule has 30 heavy (non-hydrogen) atoms. The highest BCUT2D eigenvalue weighted by Crippen LogP contribution is 2.51. The number of fused-ring (bicyclic) bond motifs is 2. The molecule has 2 heterocycles.